The molecule has 28 nitrogen and oxygen atoms in total. The molecule has 0 saturated carbocycles. The number of Topliss-reactive ketones (excluding diaryl/α,β-unsaturated/α-hetero) is 1. The maximum atomic E-state index is 12.8. The van der Waals surface area contributed by atoms with Crippen LogP contribution in [0.3, 0.4) is 0 Å². The standard InChI is InChI=1S/C38H64N6O22/c1-17(46)7-8-26(52)41-20(35(58)59)6-4-5-9-39-11-22(49)28(53)33(24(51)14-45)65-36-32(57)31(56)30(55)25(64-36)16-63-38(37(60)61)10-21(48)27(40-18(2)47)34(66-38)29(54)23(50)13-44-12-19(15-62-3)42-43-44/h12,20-25,27-34,36,39,45,48-51,53-57H,4-11,13-16H2,1-3H3,(H,40,47)(H,41,52)(H,58,59)(H,60,61). The molecular formula is C38H64N6O22. The molecule has 2 aliphatic rings. The highest BCUT2D eigenvalue weighted by molar-refractivity contribution is 5.86. The number of carbonyl (C=O) groups is 5. The third-order valence-electron chi connectivity index (χ3n) is 10.8. The SMILES string of the molecule is COCc1cn(CC(O)C(O)C2OC(OCC3OC(OC(C(O)CO)C(O)C(O)CNCCCCC(NC(=O)CCC(C)=O)C(=O)O)C(O)C(O)C3O)(C(=O)O)CC(O)C2NC(C)=O)nn1. The molecule has 0 aliphatic carbocycles. The number of hydrogen-bond acceptors (Lipinski definition) is 23. The van der Waals surface area contributed by atoms with Gasteiger partial charge in [-0.3, -0.25) is 9.59 Å². The molecule has 66 heavy (non-hydrogen) atoms. The zero-order valence-corrected chi connectivity index (χ0v) is 36.5. The lowest BCUT2D eigenvalue weighted by Crippen LogP contribution is -2.68. The molecule has 0 radical (unpaired) electrons. The highest BCUT2D eigenvalue weighted by atomic mass is 16.7. The fraction of sp³-hybridized carbons (Fsp3) is 0.816. The number of carboxylic acid groups (broad SMARTS) is 2. The van der Waals surface area contributed by atoms with E-state index in [1.807, 2.05) is 0 Å². The van der Waals surface area contributed by atoms with Crippen molar-refractivity contribution in [1.29, 1.82) is 0 Å². The quantitative estimate of drug-likeness (QED) is 0.0332. The molecule has 1 aromatic rings. The minimum Gasteiger partial charge on any atom is -0.480 e. The fourth-order valence-corrected chi connectivity index (χ4v) is 7.15. The normalized spacial score (nSPS) is 28.9. The molecule has 378 valence electrons. The smallest absolute Gasteiger partial charge is 0.364 e. The van der Waals surface area contributed by atoms with Crippen LogP contribution < -0.4 is 16.0 Å². The van der Waals surface area contributed by atoms with Crippen molar-refractivity contribution in [2.24, 2.45) is 0 Å². The molecule has 2 amide bonds. The van der Waals surface area contributed by atoms with Gasteiger partial charge in [0.15, 0.2) is 6.29 Å². The summed E-state index contributed by atoms with van der Waals surface area (Å²) in [6.07, 6.45) is -24.7. The number of hydrogen-bond donors (Lipinski definition) is 15. The van der Waals surface area contributed by atoms with Gasteiger partial charge in [-0.2, -0.15) is 0 Å². The van der Waals surface area contributed by atoms with Gasteiger partial charge in [-0.1, -0.05) is 5.21 Å². The van der Waals surface area contributed by atoms with Crippen molar-refractivity contribution in [3.05, 3.63) is 11.9 Å². The Morgan fingerprint density at radius 2 is 1.65 bits per heavy atom. The van der Waals surface area contributed by atoms with Crippen LogP contribution in [0.25, 0.3) is 0 Å². The minimum atomic E-state index is -2.91. The topological polar surface area (TPSA) is 441 Å². The van der Waals surface area contributed by atoms with E-state index in [0.717, 1.165) is 11.6 Å². The second-order valence-electron chi connectivity index (χ2n) is 16.2. The van der Waals surface area contributed by atoms with E-state index < -0.39 is 147 Å². The number of carbonyl (C=O) groups excluding carboxylic acids is 3. The minimum absolute atomic E-state index is 0.0323. The molecule has 16 atom stereocenters. The van der Waals surface area contributed by atoms with Crippen LogP contribution in [-0.2, 0) is 60.8 Å². The molecule has 28 heteroatoms. The molecule has 16 unspecified atom stereocenters. The van der Waals surface area contributed by atoms with Gasteiger partial charge in [-0.05, 0) is 32.7 Å². The molecule has 3 rings (SSSR count). The van der Waals surface area contributed by atoms with Crippen molar-refractivity contribution in [3.63, 3.8) is 0 Å². The van der Waals surface area contributed by atoms with Crippen LogP contribution in [-0.4, -0.2) is 237 Å². The predicted molar refractivity (Wildman–Crippen MR) is 215 cm³/mol. The number of amides is 2. The van der Waals surface area contributed by atoms with E-state index >= 15 is 0 Å². The first kappa shape index (κ1) is 56.4. The van der Waals surface area contributed by atoms with Crippen LogP contribution in [0, 0.1) is 0 Å². The molecule has 1 aromatic heterocycles. The van der Waals surface area contributed by atoms with Crippen molar-refractivity contribution in [2.75, 3.05) is 33.4 Å². The van der Waals surface area contributed by atoms with Gasteiger partial charge in [-0.25, -0.2) is 14.3 Å². The van der Waals surface area contributed by atoms with Crippen molar-refractivity contribution in [2.45, 2.75) is 163 Å². The maximum Gasteiger partial charge on any atom is 0.364 e. The number of aliphatic carboxylic acids is 2. The van der Waals surface area contributed by atoms with Crippen LogP contribution in [0.5, 0.6) is 0 Å². The van der Waals surface area contributed by atoms with E-state index in [9.17, 15) is 85.3 Å². The zero-order valence-electron chi connectivity index (χ0n) is 36.5. The molecule has 0 spiro atoms. The number of aliphatic hydroxyl groups excluding tert-OH is 10. The van der Waals surface area contributed by atoms with Gasteiger partial charge in [0.2, 0.25) is 11.8 Å². The lowest BCUT2D eigenvalue weighted by Gasteiger charge is -2.47. The maximum absolute atomic E-state index is 12.8. The Kier molecular flexibility index (Phi) is 22.7. The lowest BCUT2D eigenvalue weighted by molar-refractivity contribution is -0.349. The van der Waals surface area contributed by atoms with Crippen LogP contribution in [0.4, 0.5) is 0 Å². The van der Waals surface area contributed by atoms with E-state index in [4.69, 9.17) is 23.7 Å². The Bertz CT molecular complexity index is 1710. The summed E-state index contributed by atoms with van der Waals surface area (Å²) in [7, 11) is 1.41. The number of aliphatic hydroxyl groups is 10. The predicted octanol–water partition coefficient (Wildman–Crippen LogP) is -7.44. The Morgan fingerprint density at radius 3 is 2.26 bits per heavy atom. The first-order valence-corrected chi connectivity index (χ1v) is 21.0. The van der Waals surface area contributed by atoms with Gasteiger partial charge < -0.3 is 106 Å². The van der Waals surface area contributed by atoms with Crippen LogP contribution in [0.1, 0.15) is 58.1 Å². The summed E-state index contributed by atoms with van der Waals surface area (Å²) in [5, 5.41) is 143. The van der Waals surface area contributed by atoms with Crippen molar-refractivity contribution in [3.8, 4) is 0 Å². The number of unbranched alkanes of at least 4 members (excludes halogenated alkanes) is 1. The van der Waals surface area contributed by atoms with Crippen molar-refractivity contribution < 1.29 is 109 Å². The number of carboxylic acids is 2. The molecule has 3 heterocycles. The van der Waals surface area contributed by atoms with Gasteiger partial charge in [0.1, 0.15) is 78.6 Å². The molecule has 2 fully saturated rings. The molecule has 0 bridgehead atoms. The largest absolute Gasteiger partial charge is 0.480 e. The van der Waals surface area contributed by atoms with Crippen LogP contribution in [0.15, 0.2) is 6.20 Å². The van der Waals surface area contributed by atoms with E-state index in [1.165, 1.54) is 20.2 Å². The van der Waals surface area contributed by atoms with E-state index in [1.54, 1.807) is 0 Å². The Balaban J connectivity index is 1.68. The van der Waals surface area contributed by atoms with Gasteiger partial charge >= 0.3 is 11.9 Å². The summed E-state index contributed by atoms with van der Waals surface area (Å²) < 4.78 is 28.6. The van der Waals surface area contributed by atoms with Gasteiger partial charge in [0, 0.05) is 39.8 Å². The number of nitrogens with one attached hydrogen (secondary N) is 3. The van der Waals surface area contributed by atoms with Gasteiger partial charge in [-0.15, -0.1) is 5.10 Å². The third kappa shape index (κ3) is 16.1. The average Bonchev–Trinajstić information content (AvgIpc) is 3.70. The number of methoxy groups -OCH3 is 1. The highest BCUT2D eigenvalue weighted by Crippen LogP contribution is 2.35. The van der Waals surface area contributed by atoms with Crippen LogP contribution >= 0.6 is 0 Å². The van der Waals surface area contributed by atoms with Gasteiger partial charge in [0.05, 0.1) is 50.8 Å². The summed E-state index contributed by atoms with van der Waals surface area (Å²) in [4.78, 5) is 59.6. The van der Waals surface area contributed by atoms with Gasteiger partial charge in [0.25, 0.3) is 5.79 Å². The first-order valence-electron chi connectivity index (χ1n) is 21.0. The van der Waals surface area contributed by atoms with Crippen LogP contribution in [0.2, 0.25) is 0 Å². The fourth-order valence-electron chi connectivity index (χ4n) is 7.15. The molecule has 2 saturated heterocycles. The summed E-state index contributed by atoms with van der Waals surface area (Å²) in [5.41, 5.74) is 0.363. The average molecular weight is 957 g/mol. The number of ketones is 1. The second-order valence-corrected chi connectivity index (χ2v) is 16.2. The monoisotopic (exact) mass is 956 g/mol. The molecular weight excluding hydrogens is 892 g/mol. The third-order valence-corrected chi connectivity index (χ3v) is 10.8. The second kappa shape index (κ2) is 26.6. The Hall–Kier alpha value is -3.95. The summed E-state index contributed by atoms with van der Waals surface area (Å²) in [6.45, 7) is -0.341. The zero-order chi connectivity index (χ0) is 49.5. The first-order chi connectivity index (χ1) is 31.0. The van der Waals surface area contributed by atoms with E-state index in [-0.39, 0.29) is 51.2 Å². The molecule has 2 aliphatic heterocycles. The number of ether oxygens (including phenoxy) is 5. The van der Waals surface area contributed by atoms with E-state index in [0.29, 0.717) is 12.1 Å². The number of aromatic nitrogens is 3. The van der Waals surface area contributed by atoms with E-state index in [2.05, 4.69) is 26.3 Å². The summed E-state index contributed by atoms with van der Waals surface area (Å²) in [6, 6.07) is -2.74. The van der Waals surface area contributed by atoms with Crippen molar-refractivity contribution >= 4 is 29.5 Å². The highest BCUT2D eigenvalue weighted by Gasteiger charge is 2.57. The summed E-state index contributed by atoms with van der Waals surface area (Å²) in [5.74, 6) is -7.65. The Morgan fingerprint density at radius 1 is 0.955 bits per heavy atom. The molecule has 15 N–H and O–H groups in total. The number of nitrogens with zero attached hydrogens (tertiary/aromatic N) is 3. The lowest BCUT2D eigenvalue weighted by atomic mass is 9.88. The van der Waals surface area contributed by atoms with Crippen molar-refractivity contribution in [1.82, 2.24) is 30.9 Å². The Labute approximate surface area is 377 Å². The number of rotatable bonds is 29. The summed E-state index contributed by atoms with van der Waals surface area (Å²) >= 11 is 0. The molecule has 0 aromatic carbocycles.